The Kier molecular flexibility index (Phi) is 6.86. The highest BCUT2D eigenvalue weighted by Crippen LogP contribution is 2.19. The van der Waals surface area contributed by atoms with Gasteiger partial charge in [0.1, 0.15) is 5.75 Å². The van der Waals surface area contributed by atoms with Crippen LogP contribution in [0.1, 0.15) is 6.42 Å². The van der Waals surface area contributed by atoms with Crippen molar-refractivity contribution in [2.75, 3.05) is 45.3 Å². The van der Waals surface area contributed by atoms with Crippen LogP contribution in [0.3, 0.4) is 0 Å². The van der Waals surface area contributed by atoms with Gasteiger partial charge in [-0.15, -0.1) is 0 Å². The second-order valence-electron chi connectivity index (χ2n) is 5.67. The van der Waals surface area contributed by atoms with E-state index < -0.39 is 0 Å². The van der Waals surface area contributed by atoms with Gasteiger partial charge in [0, 0.05) is 23.9 Å². The summed E-state index contributed by atoms with van der Waals surface area (Å²) in [5.41, 5.74) is 0. The van der Waals surface area contributed by atoms with Crippen molar-refractivity contribution >= 4 is 29.3 Å². The van der Waals surface area contributed by atoms with E-state index in [-0.39, 0.29) is 18.6 Å². The Hall–Kier alpha value is -0.910. The van der Waals surface area contributed by atoms with Crippen molar-refractivity contribution in [2.24, 2.45) is 0 Å². The van der Waals surface area contributed by atoms with Gasteiger partial charge in [0.15, 0.2) is 6.61 Å². The molecule has 2 rings (SSSR count). The van der Waals surface area contributed by atoms with E-state index in [1.807, 2.05) is 30.8 Å². The molecule has 1 aromatic carbocycles. The molecule has 1 unspecified atom stereocenters. The molecule has 0 bridgehead atoms. The largest absolute Gasteiger partial charge is 0.484 e. The van der Waals surface area contributed by atoms with Gasteiger partial charge < -0.3 is 14.5 Å². The van der Waals surface area contributed by atoms with Crippen LogP contribution in [0.5, 0.6) is 5.75 Å². The lowest BCUT2D eigenvalue weighted by molar-refractivity contribution is -0.135. The second kappa shape index (κ2) is 8.65. The third-order valence-electron chi connectivity index (χ3n) is 3.51. The van der Waals surface area contributed by atoms with Crippen LogP contribution in [0.4, 0.5) is 0 Å². The summed E-state index contributed by atoms with van der Waals surface area (Å²) in [4.78, 5) is 16.6. The Morgan fingerprint density at radius 3 is 2.82 bits per heavy atom. The number of hydrogen-bond acceptors (Lipinski definition) is 4. The first-order valence-electron chi connectivity index (χ1n) is 7.46. The first-order chi connectivity index (χ1) is 10.6. The molecule has 0 saturated carbocycles. The summed E-state index contributed by atoms with van der Waals surface area (Å²) < 4.78 is 5.60. The monoisotopic (exact) mass is 342 g/mol. The molecular weight excluding hydrogens is 320 g/mol. The summed E-state index contributed by atoms with van der Waals surface area (Å²) in [6.45, 7) is 1.78. The van der Waals surface area contributed by atoms with Gasteiger partial charge in [-0.2, -0.15) is 11.8 Å². The molecular formula is C16H23ClN2O2S. The predicted octanol–water partition coefficient (Wildman–Crippen LogP) is 2.61. The Morgan fingerprint density at radius 2 is 2.14 bits per heavy atom. The van der Waals surface area contributed by atoms with Crippen LogP contribution in [0, 0.1) is 0 Å². The average molecular weight is 343 g/mol. The zero-order chi connectivity index (χ0) is 15.9. The number of carbonyl (C=O) groups excluding carboxylic acids is 1. The molecule has 0 aromatic heterocycles. The Morgan fingerprint density at radius 1 is 1.41 bits per heavy atom. The van der Waals surface area contributed by atoms with Crippen LogP contribution in [-0.2, 0) is 4.79 Å². The van der Waals surface area contributed by atoms with Gasteiger partial charge in [0.2, 0.25) is 0 Å². The van der Waals surface area contributed by atoms with Gasteiger partial charge in [-0.1, -0.05) is 11.6 Å². The number of carbonyl (C=O) groups is 1. The molecule has 0 aliphatic carbocycles. The minimum Gasteiger partial charge on any atom is -0.484 e. The molecule has 1 aliphatic heterocycles. The van der Waals surface area contributed by atoms with Gasteiger partial charge in [0.05, 0.1) is 6.04 Å². The van der Waals surface area contributed by atoms with E-state index in [2.05, 4.69) is 4.90 Å². The number of ether oxygens (including phenoxy) is 1. The fraction of sp³-hybridized carbons (Fsp3) is 0.562. The standard InChI is InChI=1S/C16H23ClN2O2S/c1-18(2)10-14-12-22-9-3-8-19(14)16(20)11-21-15-6-4-13(17)5-7-15/h4-7,14H,3,8-12H2,1-2H3. The van der Waals surface area contributed by atoms with Crippen molar-refractivity contribution in [1.82, 2.24) is 9.80 Å². The highest BCUT2D eigenvalue weighted by Gasteiger charge is 2.26. The molecule has 4 nitrogen and oxygen atoms in total. The number of halogens is 1. The Balaban J connectivity index is 1.93. The van der Waals surface area contributed by atoms with Gasteiger partial charge >= 0.3 is 0 Å². The fourth-order valence-electron chi connectivity index (χ4n) is 2.49. The smallest absolute Gasteiger partial charge is 0.260 e. The van der Waals surface area contributed by atoms with Crippen molar-refractivity contribution in [3.8, 4) is 5.75 Å². The summed E-state index contributed by atoms with van der Waals surface area (Å²) in [6.07, 6.45) is 1.04. The summed E-state index contributed by atoms with van der Waals surface area (Å²) in [5, 5.41) is 0.661. The van der Waals surface area contributed by atoms with E-state index >= 15 is 0 Å². The maximum atomic E-state index is 12.5. The molecule has 1 fully saturated rings. The maximum Gasteiger partial charge on any atom is 0.260 e. The highest BCUT2D eigenvalue weighted by atomic mass is 35.5. The fourth-order valence-corrected chi connectivity index (χ4v) is 3.67. The molecule has 22 heavy (non-hydrogen) atoms. The van der Waals surface area contributed by atoms with Gasteiger partial charge in [-0.3, -0.25) is 4.79 Å². The number of thioether (sulfide) groups is 1. The van der Waals surface area contributed by atoms with Crippen molar-refractivity contribution in [3.05, 3.63) is 29.3 Å². The highest BCUT2D eigenvalue weighted by molar-refractivity contribution is 7.99. The van der Waals surface area contributed by atoms with Crippen LogP contribution >= 0.6 is 23.4 Å². The number of amides is 1. The lowest BCUT2D eigenvalue weighted by atomic mass is 10.2. The quantitative estimate of drug-likeness (QED) is 0.823. The summed E-state index contributed by atoms with van der Waals surface area (Å²) in [6, 6.07) is 7.34. The lowest BCUT2D eigenvalue weighted by Gasteiger charge is -2.31. The van der Waals surface area contributed by atoms with Crippen molar-refractivity contribution < 1.29 is 9.53 Å². The normalized spacial score (nSPS) is 19.1. The van der Waals surface area contributed by atoms with E-state index in [4.69, 9.17) is 16.3 Å². The van der Waals surface area contributed by atoms with Crippen LogP contribution < -0.4 is 4.74 Å². The van der Waals surface area contributed by atoms with Gasteiger partial charge in [-0.05, 0) is 50.5 Å². The van der Waals surface area contributed by atoms with Crippen molar-refractivity contribution in [1.29, 1.82) is 0 Å². The SMILES string of the molecule is CN(C)CC1CSCCCN1C(=O)COc1ccc(Cl)cc1. The third-order valence-corrected chi connectivity index (χ3v) is 4.96. The van der Waals surface area contributed by atoms with Crippen LogP contribution in [0.15, 0.2) is 24.3 Å². The minimum absolute atomic E-state index is 0.0595. The van der Waals surface area contributed by atoms with E-state index in [0.717, 1.165) is 31.0 Å². The molecule has 0 N–H and O–H groups in total. The summed E-state index contributed by atoms with van der Waals surface area (Å²) in [7, 11) is 4.09. The maximum absolute atomic E-state index is 12.5. The first-order valence-corrected chi connectivity index (χ1v) is 9.00. The van der Waals surface area contributed by atoms with E-state index in [9.17, 15) is 4.79 Å². The number of benzene rings is 1. The molecule has 1 heterocycles. The Bertz CT molecular complexity index is 482. The molecule has 1 aliphatic rings. The van der Waals surface area contributed by atoms with E-state index in [1.165, 1.54) is 0 Å². The topological polar surface area (TPSA) is 32.8 Å². The zero-order valence-corrected chi connectivity index (χ0v) is 14.7. The molecule has 6 heteroatoms. The van der Waals surface area contributed by atoms with Crippen molar-refractivity contribution in [3.63, 3.8) is 0 Å². The molecule has 1 atom stereocenters. The lowest BCUT2D eigenvalue weighted by Crippen LogP contribution is -2.48. The zero-order valence-electron chi connectivity index (χ0n) is 13.1. The first kappa shape index (κ1) is 17.4. The van der Waals surface area contributed by atoms with E-state index in [0.29, 0.717) is 10.8 Å². The number of nitrogens with zero attached hydrogens (tertiary/aromatic N) is 2. The number of rotatable bonds is 5. The molecule has 1 saturated heterocycles. The molecule has 0 spiro atoms. The number of likely N-dealkylation sites (N-methyl/N-ethyl adjacent to an activating group) is 1. The van der Waals surface area contributed by atoms with E-state index in [1.54, 1.807) is 24.3 Å². The van der Waals surface area contributed by atoms with Gasteiger partial charge in [-0.25, -0.2) is 0 Å². The summed E-state index contributed by atoms with van der Waals surface area (Å²) in [5.74, 6) is 2.84. The predicted molar refractivity (Wildman–Crippen MR) is 92.9 cm³/mol. The van der Waals surface area contributed by atoms with Crippen molar-refractivity contribution in [2.45, 2.75) is 12.5 Å². The second-order valence-corrected chi connectivity index (χ2v) is 7.26. The van der Waals surface area contributed by atoms with Gasteiger partial charge in [0.25, 0.3) is 5.91 Å². The van der Waals surface area contributed by atoms with Crippen LogP contribution in [0.2, 0.25) is 5.02 Å². The van der Waals surface area contributed by atoms with Crippen LogP contribution in [0.25, 0.3) is 0 Å². The van der Waals surface area contributed by atoms with Crippen LogP contribution in [-0.4, -0.2) is 67.0 Å². The molecule has 1 amide bonds. The molecule has 1 aromatic rings. The summed E-state index contributed by atoms with van der Waals surface area (Å²) >= 11 is 7.77. The molecule has 0 radical (unpaired) electrons. The third kappa shape index (κ3) is 5.38. The minimum atomic E-state index is 0.0595. The number of hydrogen-bond donors (Lipinski definition) is 0. The average Bonchev–Trinajstić information content (AvgIpc) is 2.71. The Labute approximate surface area is 141 Å². The molecule has 122 valence electrons.